The van der Waals surface area contributed by atoms with Gasteiger partial charge in [-0.05, 0) is 37.1 Å². The minimum Gasteiger partial charge on any atom is -0.313 e. The lowest BCUT2D eigenvalue weighted by molar-refractivity contribution is 0.332. The Morgan fingerprint density at radius 2 is 2.07 bits per heavy atom. The lowest BCUT2D eigenvalue weighted by Crippen LogP contribution is -2.34. The maximum absolute atomic E-state index is 3.50. The molecule has 15 heavy (non-hydrogen) atoms. The van der Waals surface area contributed by atoms with Crippen molar-refractivity contribution < 1.29 is 0 Å². The number of allylic oxidation sites excluding steroid dienone is 1. The molecule has 2 aliphatic rings. The number of hydrogen-bond acceptors (Lipinski definition) is 1. The minimum atomic E-state index is 0.676. The van der Waals surface area contributed by atoms with Gasteiger partial charge in [-0.3, -0.25) is 0 Å². The van der Waals surface area contributed by atoms with E-state index in [9.17, 15) is 0 Å². The van der Waals surface area contributed by atoms with E-state index in [0.29, 0.717) is 6.04 Å². The SMILES string of the molecule is CCC(C)C1CC2=C1C(C)[C@@H](C)C2NC. The van der Waals surface area contributed by atoms with E-state index in [1.165, 1.54) is 12.8 Å². The maximum atomic E-state index is 3.50. The quantitative estimate of drug-likeness (QED) is 0.701. The van der Waals surface area contributed by atoms with Crippen LogP contribution in [0.15, 0.2) is 11.1 Å². The molecule has 0 aromatic rings. The zero-order valence-electron chi connectivity index (χ0n) is 10.8. The van der Waals surface area contributed by atoms with Crippen LogP contribution in [0.4, 0.5) is 0 Å². The van der Waals surface area contributed by atoms with Crippen molar-refractivity contribution >= 4 is 0 Å². The molecule has 0 saturated heterocycles. The Balaban J connectivity index is 2.18. The molecule has 0 radical (unpaired) electrons. The molecule has 0 fully saturated rings. The van der Waals surface area contributed by atoms with Crippen molar-refractivity contribution in [2.75, 3.05) is 7.05 Å². The van der Waals surface area contributed by atoms with E-state index >= 15 is 0 Å². The second-order valence-corrected chi connectivity index (χ2v) is 5.59. The lowest BCUT2D eigenvalue weighted by Gasteiger charge is -2.37. The van der Waals surface area contributed by atoms with Gasteiger partial charge in [0.05, 0.1) is 0 Å². The standard InChI is InChI=1S/C14H25N/c1-6-8(2)11-7-12-13(11)9(3)10(4)14(12)15-5/h8-11,14-15H,6-7H2,1-5H3/t8?,9?,10-,11?,14?/m1/s1. The molecule has 1 N–H and O–H groups in total. The Bertz CT molecular complexity index is 279. The van der Waals surface area contributed by atoms with Gasteiger partial charge in [-0.2, -0.15) is 0 Å². The van der Waals surface area contributed by atoms with Gasteiger partial charge in [0, 0.05) is 6.04 Å². The first kappa shape index (κ1) is 11.2. The second-order valence-electron chi connectivity index (χ2n) is 5.59. The molecule has 0 saturated carbocycles. The topological polar surface area (TPSA) is 12.0 Å². The number of rotatable bonds is 3. The second kappa shape index (κ2) is 3.93. The molecule has 2 rings (SSSR count). The third-order valence-electron chi connectivity index (χ3n) is 5.03. The molecule has 0 aromatic carbocycles. The van der Waals surface area contributed by atoms with E-state index in [1.807, 2.05) is 5.57 Å². The van der Waals surface area contributed by atoms with Crippen molar-refractivity contribution in [3.05, 3.63) is 11.1 Å². The molecule has 0 aliphatic heterocycles. The summed E-state index contributed by atoms with van der Waals surface area (Å²) in [6.07, 6.45) is 2.69. The van der Waals surface area contributed by atoms with E-state index in [2.05, 4.69) is 40.1 Å². The van der Waals surface area contributed by atoms with E-state index in [0.717, 1.165) is 23.7 Å². The molecule has 1 nitrogen and oxygen atoms in total. The summed E-state index contributed by atoms with van der Waals surface area (Å²) < 4.78 is 0. The Labute approximate surface area is 94.3 Å². The molecule has 5 atom stereocenters. The van der Waals surface area contributed by atoms with E-state index < -0.39 is 0 Å². The summed E-state index contributed by atoms with van der Waals surface area (Å²) in [6.45, 7) is 9.56. The van der Waals surface area contributed by atoms with Gasteiger partial charge in [0.1, 0.15) is 0 Å². The number of hydrogen-bond donors (Lipinski definition) is 1. The molecule has 0 spiro atoms. The Morgan fingerprint density at radius 3 is 2.60 bits per heavy atom. The third-order valence-corrected chi connectivity index (χ3v) is 5.03. The van der Waals surface area contributed by atoms with Crippen molar-refractivity contribution in [1.29, 1.82) is 0 Å². The smallest absolute Gasteiger partial charge is 0.0311 e. The van der Waals surface area contributed by atoms with E-state index in [-0.39, 0.29) is 0 Å². The third kappa shape index (κ3) is 1.47. The van der Waals surface area contributed by atoms with Crippen LogP contribution in [0.25, 0.3) is 0 Å². The average molecular weight is 207 g/mol. The first-order valence-corrected chi connectivity index (χ1v) is 6.51. The summed E-state index contributed by atoms with van der Waals surface area (Å²) in [6, 6.07) is 0.676. The number of nitrogens with one attached hydrogen (secondary N) is 1. The Hall–Kier alpha value is -0.300. The zero-order chi connectivity index (χ0) is 11.2. The largest absolute Gasteiger partial charge is 0.313 e. The van der Waals surface area contributed by atoms with E-state index in [1.54, 1.807) is 5.57 Å². The minimum absolute atomic E-state index is 0.676. The molecule has 86 valence electrons. The predicted octanol–water partition coefficient (Wildman–Crippen LogP) is 3.22. The highest BCUT2D eigenvalue weighted by Crippen LogP contribution is 2.54. The first-order chi connectivity index (χ1) is 7.11. The van der Waals surface area contributed by atoms with Crippen LogP contribution >= 0.6 is 0 Å². The van der Waals surface area contributed by atoms with Crippen LogP contribution < -0.4 is 5.32 Å². The van der Waals surface area contributed by atoms with Crippen molar-refractivity contribution in [1.82, 2.24) is 5.32 Å². The van der Waals surface area contributed by atoms with Crippen LogP contribution in [0.2, 0.25) is 0 Å². The van der Waals surface area contributed by atoms with Crippen molar-refractivity contribution in [3.8, 4) is 0 Å². The summed E-state index contributed by atoms with van der Waals surface area (Å²) in [7, 11) is 2.11. The fraction of sp³-hybridized carbons (Fsp3) is 0.857. The van der Waals surface area contributed by atoms with Crippen molar-refractivity contribution in [2.24, 2.45) is 23.7 Å². The lowest BCUT2D eigenvalue weighted by atomic mass is 9.69. The Kier molecular flexibility index (Phi) is 2.94. The van der Waals surface area contributed by atoms with Gasteiger partial charge in [0.25, 0.3) is 0 Å². The highest BCUT2D eigenvalue weighted by molar-refractivity contribution is 5.40. The molecule has 0 amide bonds. The number of likely N-dealkylation sites (N-methyl/N-ethyl adjacent to an activating group) is 1. The van der Waals surface area contributed by atoms with Gasteiger partial charge in [-0.1, -0.05) is 45.3 Å². The van der Waals surface area contributed by atoms with Crippen molar-refractivity contribution in [2.45, 2.75) is 46.6 Å². The fourth-order valence-electron chi connectivity index (χ4n) is 3.63. The summed E-state index contributed by atoms with van der Waals surface area (Å²) >= 11 is 0. The summed E-state index contributed by atoms with van der Waals surface area (Å²) in [5, 5.41) is 3.50. The maximum Gasteiger partial charge on any atom is 0.0311 e. The van der Waals surface area contributed by atoms with Crippen LogP contribution in [0, 0.1) is 23.7 Å². The fourth-order valence-corrected chi connectivity index (χ4v) is 3.63. The summed E-state index contributed by atoms with van der Waals surface area (Å²) in [4.78, 5) is 0. The normalized spacial score (nSPS) is 41.4. The van der Waals surface area contributed by atoms with Crippen LogP contribution in [-0.4, -0.2) is 13.1 Å². The summed E-state index contributed by atoms with van der Waals surface area (Å²) in [5.41, 5.74) is 3.57. The molecule has 0 heterocycles. The molecule has 2 aliphatic carbocycles. The molecular weight excluding hydrogens is 182 g/mol. The van der Waals surface area contributed by atoms with Crippen LogP contribution in [0.5, 0.6) is 0 Å². The zero-order valence-corrected chi connectivity index (χ0v) is 10.8. The van der Waals surface area contributed by atoms with Gasteiger partial charge < -0.3 is 5.32 Å². The van der Waals surface area contributed by atoms with Crippen LogP contribution in [-0.2, 0) is 0 Å². The van der Waals surface area contributed by atoms with Crippen LogP contribution in [0.1, 0.15) is 40.5 Å². The molecule has 4 unspecified atom stereocenters. The highest BCUT2D eigenvalue weighted by Gasteiger charge is 2.47. The average Bonchev–Trinajstić information content (AvgIpc) is 2.37. The first-order valence-electron chi connectivity index (χ1n) is 6.51. The van der Waals surface area contributed by atoms with Gasteiger partial charge in [0.2, 0.25) is 0 Å². The van der Waals surface area contributed by atoms with Crippen LogP contribution in [0.3, 0.4) is 0 Å². The van der Waals surface area contributed by atoms with Gasteiger partial charge in [-0.25, -0.2) is 0 Å². The molecule has 0 bridgehead atoms. The van der Waals surface area contributed by atoms with Crippen molar-refractivity contribution in [3.63, 3.8) is 0 Å². The van der Waals surface area contributed by atoms with Gasteiger partial charge in [-0.15, -0.1) is 0 Å². The predicted molar refractivity (Wildman–Crippen MR) is 65.8 cm³/mol. The molecule has 1 heteroatoms. The van der Waals surface area contributed by atoms with E-state index in [4.69, 9.17) is 0 Å². The Morgan fingerprint density at radius 1 is 1.40 bits per heavy atom. The highest BCUT2D eigenvalue weighted by atomic mass is 14.9. The van der Waals surface area contributed by atoms with Gasteiger partial charge >= 0.3 is 0 Å². The summed E-state index contributed by atoms with van der Waals surface area (Å²) in [5.74, 6) is 3.40. The molecular formula is C14H25N. The monoisotopic (exact) mass is 207 g/mol. The molecule has 0 aromatic heterocycles. The van der Waals surface area contributed by atoms with Gasteiger partial charge in [0.15, 0.2) is 0 Å².